The minimum absolute atomic E-state index is 0.0370. The Labute approximate surface area is 184 Å². The van der Waals surface area contributed by atoms with Crippen molar-refractivity contribution < 1.29 is 19.4 Å². The van der Waals surface area contributed by atoms with Crippen molar-refractivity contribution in [2.45, 2.75) is 17.3 Å². The Morgan fingerprint density at radius 1 is 0.933 bits per heavy atom. The number of carbonyl (C=O) groups is 1. The zero-order chi connectivity index (χ0) is 21.2. The second-order valence-electron chi connectivity index (χ2n) is 7.45. The summed E-state index contributed by atoms with van der Waals surface area (Å²) in [6.07, 6.45) is 0.620. The maximum Gasteiger partial charge on any atom is 0.317 e. The standard InChI is InChI=1S/C25H23BrO4/c1-29-23(28)25(20-7-11-21(26)12-8-20)17-24(25,18-5-3-2-4-6-18)19-9-13-22(14-10-19)30-16-15-27/h2-14,27H,15-17H2,1H3/t24-,25-/m1/s1. The lowest BCUT2D eigenvalue weighted by Crippen LogP contribution is -2.32. The van der Waals surface area contributed by atoms with E-state index in [1.165, 1.54) is 7.11 Å². The maximum absolute atomic E-state index is 13.3. The fraction of sp³-hybridized carbons (Fsp3) is 0.240. The van der Waals surface area contributed by atoms with E-state index in [9.17, 15) is 4.79 Å². The minimum Gasteiger partial charge on any atom is -0.491 e. The maximum atomic E-state index is 13.3. The van der Waals surface area contributed by atoms with Crippen LogP contribution in [-0.2, 0) is 20.4 Å². The molecule has 1 N–H and O–H groups in total. The molecule has 154 valence electrons. The molecule has 0 aromatic heterocycles. The molecule has 0 spiro atoms. The molecule has 0 heterocycles. The first kappa shape index (κ1) is 20.6. The fourth-order valence-electron chi connectivity index (χ4n) is 4.56. The zero-order valence-corrected chi connectivity index (χ0v) is 18.3. The Balaban J connectivity index is 1.87. The molecule has 3 aromatic rings. The van der Waals surface area contributed by atoms with E-state index in [0.717, 1.165) is 21.2 Å². The van der Waals surface area contributed by atoms with E-state index in [1.807, 2.05) is 66.7 Å². The largest absolute Gasteiger partial charge is 0.491 e. The minimum atomic E-state index is -0.808. The number of methoxy groups -OCH3 is 1. The third kappa shape index (κ3) is 3.22. The van der Waals surface area contributed by atoms with Gasteiger partial charge in [0.25, 0.3) is 0 Å². The highest BCUT2D eigenvalue weighted by atomic mass is 79.9. The molecule has 1 fully saturated rings. The third-order valence-electron chi connectivity index (χ3n) is 5.98. The summed E-state index contributed by atoms with van der Waals surface area (Å²) in [5.41, 5.74) is 1.69. The summed E-state index contributed by atoms with van der Waals surface area (Å²) in [4.78, 5) is 13.3. The van der Waals surface area contributed by atoms with Crippen LogP contribution in [0.1, 0.15) is 23.1 Å². The highest BCUT2D eigenvalue weighted by Gasteiger charge is 2.74. The molecule has 2 atom stereocenters. The van der Waals surface area contributed by atoms with E-state index < -0.39 is 10.8 Å². The summed E-state index contributed by atoms with van der Waals surface area (Å²) in [5.74, 6) is 0.443. The third-order valence-corrected chi connectivity index (χ3v) is 6.51. The van der Waals surface area contributed by atoms with Crippen LogP contribution in [0.3, 0.4) is 0 Å². The molecule has 3 aromatic carbocycles. The van der Waals surface area contributed by atoms with Crippen LogP contribution in [0.5, 0.6) is 5.75 Å². The molecule has 1 aliphatic carbocycles. The number of rotatable bonds is 7. The Hall–Kier alpha value is -2.63. The average molecular weight is 467 g/mol. The van der Waals surface area contributed by atoms with Crippen LogP contribution in [0.4, 0.5) is 0 Å². The smallest absolute Gasteiger partial charge is 0.317 e. The predicted molar refractivity (Wildman–Crippen MR) is 119 cm³/mol. The van der Waals surface area contributed by atoms with Crippen LogP contribution in [0.25, 0.3) is 0 Å². The topological polar surface area (TPSA) is 55.8 Å². The number of aliphatic hydroxyl groups is 1. The van der Waals surface area contributed by atoms with Crippen LogP contribution >= 0.6 is 15.9 Å². The van der Waals surface area contributed by atoms with Crippen molar-refractivity contribution in [2.75, 3.05) is 20.3 Å². The highest BCUT2D eigenvalue weighted by Crippen LogP contribution is 2.69. The lowest BCUT2D eigenvalue weighted by atomic mass is 9.77. The van der Waals surface area contributed by atoms with Gasteiger partial charge in [-0.3, -0.25) is 4.79 Å². The molecule has 1 saturated carbocycles. The number of esters is 1. The molecule has 4 rings (SSSR count). The van der Waals surface area contributed by atoms with Gasteiger partial charge in [-0.1, -0.05) is 70.5 Å². The zero-order valence-electron chi connectivity index (χ0n) is 16.7. The van der Waals surface area contributed by atoms with Gasteiger partial charge >= 0.3 is 5.97 Å². The van der Waals surface area contributed by atoms with Crippen molar-refractivity contribution in [3.05, 3.63) is 100 Å². The first-order valence-electron chi connectivity index (χ1n) is 9.83. The van der Waals surface area contributed by atoms with Gasteiger partial charge in [0.1, 0.15) is 17.8 Å². The summed E-state index contributed by atoms with van der Waals surface area (Å²) in [5, 5.41) is 8.99. The number of carbonyl (C=O) groups excluding carboxylic acids is 1. The van der Waals surface area contributed by atoms with Crippen molar-refractivity contribution in [3.8, 4) is 5.75 Å². The average Bonchev–Trinajstić information content (AvgIpc) is 3.51. The molecule has 1 aliphatic rings. The van der Waals surface area contributed by atoms with Crippen molar-refractivity contribution in [1.82, 2.24) is 0 Å². The first-order valence-corrected chi connectivity index (χ1v) is 10.6. The normalized spacial score (nSPS) is 22.4. The Bertz CT molecular complexity index is 1020. The van der Waals surface area contributed by atoms with Gasteiger partial charge in [-0.15, -0.1) is 0 Å². The second-order valence-corrected chi connectivity index (χ2v) is 8.36. The van der Waals surface area contributed by atoms with Gasteiger partial charge in [0.15, 0.2) is 0 Å². The van der Waals surface area contributed by atoms with Gasteiger partial charge in [0, 0.05) is 9.89 Å². The van der Waals surface area contributed by atoms with E-state index in [2.05, 4.69) is 28.1 Å². The molecular weight excluding hydrogens is 444 g/mol. The number of hydrogen-bond acceptors (Lipinski definition) is 4. The van der Waals surface area contributed by atoms with Crippen molar-refractivity contribution in [2.24, 2.45) is 0 Å². The van der Waals surface area contributed by atoms with E-state index in [4.69, 9.17) is 14.6 Å². The lowest BCUT2D eigenvalue weighted by Gasteiger charge is -2.26. The molecule has 0 radical (unpaired) electrons. The summed E-state index contributed by atoms with van der Waals surface area (Å²) in [6.45, 7) is 0.207. The van der Waals surface area contributed by atoms with Gasteiger partial charge in [-0.2, -0.15) is 0 Å². The van der Waals surface area contributed by atoms with E-state index >= 15 is 0 Å². The van der Waals surface area contributed by atoms with Crippen molar-refractivity contribution in [1.29, 1.82) is 0 Å². The second kappa shape index (κ2) is 8.25. The number of hydrogen-bond donors (Lipinski definition) is 1. The molecule has 0 unspecified atom stereocenters. The van der Waals surface area contributed by atoms with Crippen LogP contribution in [0, 0.1) is 0 Å². The van der Waals surface area contributed by atoms with Crippen molar-refractivity contribution >= 4 is 21.9 Å². The molecule has 5 heteroatoms. The lowest BCUT2D eigenvalue weighted by molar-refractivity contribution is -0.144. The van der Waals surface area contributed by atoms with Gasteiger partial charge in [-0.05, 0) is 47.4 Å². The summed E-state index contributed by atoms with van der Waals surface area (Å²) in [7, 11) is 1.45. The van der Waals surface area contributed by atoms with E-state index in [1.54, 1.807) is 0 Å². The van der Waals surface area contributed by atoms with Gasteiger partial charge in [0.2, 0.25) is 0 Å². The van der Waals surface area contributed by atoms with Gasteiger partial charge < -0.3 is 14.6 Å². The van der Waals surface area contributed by atoms with Gasteiger partial charge in [0.05, 0.1) is 13.7 Å². The van der Waals surface area contributed by atoms with Crippen LogP contribution in [0.2, 0.25) is 0 Å². The number of ether oxygens (including phenoxy) is 2. The van der Waals surface area contributed by atoms with Crippen LogP contribution in [-0.4, -0.2) is 31.4 Å². The molecular formula is C25H23BrO4. The molecule has 0 bridgehead atoms. The van der Waals surface area contributed by atoms with Crippen molar-refractivity contribution in [3.63, 3.8) is 0 Å². The monoisotopic (exact) mass is 466 g/mol. The number of aliphatic hydroxyl groups excluding tert-OH is 1. The molecule has 4 nitrogen and oxygen atoms in total. The van der Waals surface area contributed by atoms with E-state index in [-0.39, 0.29) is 19.2 Å². The number of halogens is 1. The van der Waals surface area contributed by atoms with Gasteiger partial charge in [-0.25, -0.2) is 0 Å². The highest BCUT2D eigenvalue weighted by molar-refractivity contribution is 9.10. The predicted octanol–water partition coefficient (Wildman–Crippen LogP) is 4.62. The summed E-state index contributed by atoms with van der Waals surface area (Å²) in [6, 6.07) is 25.8. The molecule has 0 aliphatic heterocycles. The number of benzene rings is 3. The fourth-order valence-corrected chi connectivity index (χ4v) is 4.82. The quantitative estimate of drug-likeness (QED) is 0.516. The first-order chi connectivity index (χ1) is 14.6. The Morgan fingerprint density at radius 3 is 2.13 bits per heavy atom. The molecule has 30 heavy (non-hydrogen) atoms. The molecule has 0 saturated heterocycles. The Kier molecular flexibility index (Phi) is 5.67. The molecule has 0 amide bonds. The van der Waals surface area contributed by atoms with Crippen LogP contribution in [0.15, 0.2) is 83.3 Å². The Morgan fingerprint density at radius 2 is 1.53 bits per heavy atom. The summed E-state index contributed by atoms with van der Waals surface area (Å²) < 4.78 is 11.8. The SMILES string of the molecule is COC(=O)[C@]1(c2ccc(Br)cc2)C[C@@]1(c1ccccc1)c1ccc(OCCO)cc1. The van der Waals surface area contributed by atoms with Crippen LogP contribution < -0.4 is 4.74 Å². The summed E-state index contributed by atoms with van der Waals surface area (Å²) >= 11 is 3.49. The van der Waals surface area contributed by atoms with E-state index in [0.29, 0.717) is 12.2 Å².